The highest BCUT2D eigenvalue weighted by atomic mass is 79.9. The molecule has 0 aliphatic carbocycles. The lowest BCUT2D eigenvalue weighted by Crippen LogP contribution is -2.32. The lowest BCUT2D eigenvalue weighted by atomic mass is 9.98. The fourth-order valence-electron chi connectivity index (χ4n) is 2.39. The first-order valence-corrected chi connectivity index (χ1v) is 6.88. The number of carbonyl (C=O) groups is 1. The van der Waals surface area contributed by atoms with Gasteiger partial charge in [0, 0.05) is 24.1 Å². The maximum atomic E-state index is 12.3. The van der Waals surface area contributed by atoms with Gasteiger partial charge in [0.1, 0.15) is 0 Å². The molecule has 0 N–H and O–H groups in total. The molecule has 1 heterocycles. The first-order chi connectivity index (χ1) is 8.69. The summed E-state index contributed by atoms with van der Waals surface area (Å²) in [5, 5.41) is 0. The molecule has 2 nitrogen and oxygen atoms in total. The first-order valence-electron chi connectivity index (χ1n) is 5.96. The molecule has 1 aliphatic heterocycles. The Kier molecular flexibility index (Phi) is 4.02. The van der Waals surface area contributed by atoms with Gasteiger partial charge in [0.15, 0.2) is 0 Å². The van der Waals surface area contributed by atoms with E-state index in [1.54, 1.807) is 4.99 Å². The maximum absolute atomic E-state index is 12.3. The van der Waals surface area contributed by atoms with Crippen LogP contribution >= 0.6 is 15.9 Å². The molecule has 0 bridgehead atoms. The van der Waals surface area contributed by atoms with Crippen molar-refractivity contribution in [2.75, 3.05) is 0 Å². The van der Waals surface area contributed by atoms with Crippen LogP contribution in [0.4, 0.5) is 0 Å². The summed E-state index contributed by atoms with van der Waals surface area (Å²) in [7, 11) is 0. The van der Waals surface area contributed by atoms with Crippen LogP contribution in [0.15, 0.2) is 53.5 Å². The van der Waals surface area contributed by atoms with Crippen LogP contribution in [0, 0.1) is 5.92 Å². The van der Waals surface area contributed by atoms with Crippen molar-refractivity contribution in [3.05, 3.63) is 59.1 Å². The molecule has 0 radical (unpaired) electrons. The Bertz CT molecular complexity index is 481. The summed E-state index contributed by atoms with van der Waals surface area (Å²) < 4.78 is 0. The number of benzene rings is 1. The van der Waals surface area contributed by atoms with E-state index in [1.165, 1.54) is 0 Å². The van der Waals surface area contributed by atoms with Crippen LogP contribution in [0.5, 0.6) is 0 Å². The SMILES string of the molecule is C=C[C@@H]1/C(=C/Br)C(=O)N(Cc2ccccc2)[C@H]1C. The fraction of sp³-hybridized carbons (Fsp3) is 0.267. The van der Waals surface area contributed by atoms with Crippen molar-refractivity contribution in [2.24, 2.45) is 5.92 Å². The topological polar surface area (TPSA) is 20.3 Å². The maximum Gasteiger partial charge on any atom is 0.251 e. The van der Waals surface area contributed by atoms with Gasteiger partial charge >= 0.3 is 0 Å². The van der Waals surface area contributed by atoms with Gasteiger partial charge in [-0.2, -0.15) is 0 Å². The number of hydrogen-bond donors (Lipinski definition) is 0. The van der Waals surface area contributed by atoms with Crippen molar-refractivity contribution in [1.29, 1.82) is 0 Å². The minimum atomic E-state index is 0.0909. The Balaban J connectivity index is 2.24. The molecular weight excluding hydrogens is 290 g/mol. The van der Waals surface area contributed by atoms with E-state index in [0.717, 1.165) is 11.1 Å². The molecule has 1 aliphatic rings. The molecule has 94 valence electrons. The molecule has 0 unspecified atom stereocenters. The predicted octanol–water partition coefficient (Wildman–Crippen LogP) is 3.50. The van der Waals surface area contributed by atoms with Gasteiger partial charge in [0.2, 0.25) is 0 Å². The van der Waals surface area contributed by atoms with Crippen molar-refractivity contribution in [2.45, 2.75) is 19.5 Å². The van der Waals surface area contributed by atoms with Crippen molar-refractivity contribution < 1.29 is 4.79 Å². The first kappa shape index (κ1) is 13.1. The van der Waals surface area contributed by atoms with Crippen LogP contribution in [-0.2, 0) is 11.3 Å². The van der Waals surface area contributed by atoms with E-state index in [1.807, 2.05) is 41.3 Å². The van der Waals surface area contributed by atoms with Crippen molar-refractivity contribution in [1.82, 2.24) is 4.90 Å². The zero-order valence-corrected chi connectivity index (χ0v) is 11.9. The largest absolute Gasteiger partial charge is 0.331 e. The summed E-state index contributed by atoms with van der Waals surface area (Å²) in [5.41, 5.74) is 1.93. The summed E-state index contributed by atoms with van der Waals surface area (Å²) in [6.45, 7) is 6.54. The lowest BCUT2D eigenvalue weighted by Gasteiger charge is -2.23. The van der Waals surface area contributed by atoms with E-state index in [4.69, 9.17) is 0 Å². The monoisotopic (exact) mass is 305 g/mol. The highest BCUT2D eigenvalue weighted by Crippen LogP contribution is 2.33. The molecule has 1 amide bonds. The van der Waals surface area contributed by atoms with Gasteiger partial charge in [-0.25, -0.2) is 0 Å². The minimum absolute atomic E-state index is 0.0909. The van der Waals surface area contributed by atoms with Gasteiger partial charge in [-0.1, -0.05) is 52.3 Å². The summed E-state index contributed by atoms with van der Waals surface area (Å²) in [6, 6.07) is 10.2. The van der Waals surface area contributed by atoms with Gasteiger partial charge < -0.3 is 4.90 Å². The normalized spacial score (nSPS) is 25.8. The zero-order valence-electron chi connectivity index (χ0n) is 10.3. The molecule has 3 heteroatoms. The second kappa shape index (κ2) is 5.53. The standard InChI is InChI=1S/C15H16BrNO/c1-3-13-11(2)17(15(18)14(13)9-16)10-12-7-5-4-6-8-12/h3-9,11,13H,1,10H2,2H3/b14-9-/t11-,13-/m0/s1. The van der Waals surface area contributed by atoms with Gasteiger partial charge in [0.25, 0.3) is 5.91 Å². The molecule has 18 heavy (non-hydrogen) atoms. The van der Waals surface area contributed by atoms with Crippen LogP contribution in [0.1, 0.15) is 12.5 Å². The number of nitrogens with zero attached hydrogens (tertiary/aromatic N) is 1. The molecule has 2 rings (SSSR count). The second-order valence-corrected chi connectivity index (χ2v) is 4.94. The summed E-state index contributed by atoms with van der Waals surface area (Å²) in [5.74, 6) is 0.189. The average molecular weight is 306 g/mol. The lowest BCUT2D eigenvalue weighted by molar-refractivity contribution is -0.126. The van der Waals surface area contributed by atoms with Crippen LogP contribution in [0.2, 0.25) is 0 Å². The van der Waals surface area contributed by atoms with E-state index in [-0.39, 0.29) is 17.9 Å². The number of rotatable bonds is 3. The summed E-state index contributed by atoms with van der Waals surface area (Å²) in [4.78, 5) is 15.9. The molecule has 1 aromatic carbocycles. The molecule has 0 saturated carbocycles. The third kappa shape index (κ3) is 2.27. The quantitative estimate of drug-likeness (QED) is 0.618. The molecule has 0 aromatic heterocycles. The van der Waals surface area contributed by atoms with E-state index in [2.05, 4.69) is 29.4 Å². The number of carbonyl (C=O) groups excluding carboxylic acids is 1. The Morgan fingerprint density at radius 2 is 2.06 bits per heavy atom. The molecule has 2 atom stereocenters. The second-order valence-electron chi connectivity index (χ2n) is 4.49. The van der Waals surface area contributed by atoms with Gasteiger partial charge in [-0.3, -0.25) is 4.79 Å². The Labute approximate surface area is 116 Å². The minimum Gasteiger partial charge on any atom is -0.331 e. The molecule has 0 spiro atoms. The van der Waals surface area contributed by atoms with Gasteiger partial charge in [-0.15, -0.1) is 6.58 Å². The zero-order chi connectivity index (χ0) is 13.1. The van der Waals surface area contributed by atoms with E-state index < -0.39 is 0 Å². The number of hydrogen-bond acceptors (Lipinski definition) is 1. The van der Waals surface area contributed by atoms with Crippen molar-refractivity contribution in [3.63, 3.8) is 0 Å². The number of likely N-dealkylation sites (tertiary alicyclic amines) is 1. The highest BCUT2D eigenvalue weighted by Gasteiger charge is 2.39. The van der Waals surface area contributed by atoms with E-state index in [9.17, 15) is 4.79 Å². The highest BCUT2D eigenvalue weighted by molar-refractivity contribution is 9.11. The summed E-state index contributed by atoms with van der Waals surface area (Å²) >= 11 is 3.28. The van der Waals surface area contributed by atoms with Crippen LogP contribution in [0.3, 0.4) is 0 Å². The van der Waals surface area contributed by atoms with Gasteiger partial charge in [-0.05, 0) is 17.5 Å². The molecule has 1 fully saturated rings. The van der Waals surface area contributed by atoms with Crippen LogP contribution in [-0.4, -0.2) is 16.8 Å². The molecule has 1 saturated heterocycles. The van der Waals surface area contributed by atoms with E-state index >= 15 is 0 Å². The Morgan fingerprint density at radius 3 is 2.56 bits per heavy atom. The van der Waals surface area contributed by atoms with Crippen LogP contribution < -0.4 is 0 Å². The van der Waals surface area contributed by atoms with Crippen molar-refractivity contribution in [3.8, 4) is 0 Å². The number of amides is 1. The van der Waals surface area contributed by atoms with Gasteiger partial charge in [0.05, 0.1) is 0 Å². The van der Waals surface area contributed by atoms with Crippen molar-refractivity contribution >= 4 is 21.8 Å². The molecule has 1 aromatic rings. The Hall–Kier alpha value is -1.35. The van der Waals surface area contributed by atoms with Crippen LogP contribution in [0.25, 0.3) is 0 Å². The van der Waals surface area contributed by atoms with E-state index in [0.29, 0.717) is 6.54 Å². The fourth-order valence-corrected chi connectivity index (χ4v) is 2.89. The summed E-state index contributed by atoms with van der Waals surface area (Å²) in [6.07, 6.45) is 1.85. The smallest absolute Gasteiger partial charge is 0.251 e. The average Bonchev–Trinajstić information content (AvgIpc) is 2.63. The predicted molar refractivity (Wildman–Crippen MR) is 77.2 cm³/mol. The molecular formula is C15H16BrNO. The third-order valence-corrected chi connectivity index (χ3v) is 3.94. The number of halogens is 1. The Morgan fingerprint density at radius 1 is 1.39 bits per heavy atom. The third-order valence-electron chi connectivity index (χ3n) is 3.45.